The largest absolute Gasteiger partial charge is 0.435 e. The first-order chi connectivity index (χ1) is 17.9. The van der Waals surface area contributed by atoms with E-state index in [0.717, 1.165) is 43.1 Å². The molecule has 37 heavy (non-hydrogen) atoms. The van der Waals surface area contributed by atoms with Crippen molar-refractivity contribution in [1.29, 1.82) is 0 Å². The van der Waals surface area contributed by atoms with Gasteiger partial charge < -0.3 is 4.74 Å². The number of benzene rings is 2. The topological polar surface area (TPSA) is 9.23 Å². The summed E-state index contributed by atoms with van der Waals surface area (Å²) in [6.45, 7) is -0.644. The molecule has 2 aromatic carbocycles. The molecule has 0 aromatic heterocycles. The predicted octanol–water partition coefficient (Wildman–Crippen LogP) is 10.1. The van der Waals surface area contributed by atoms with Crippen molar-refractivity contribution >= 4 is 8.80 Å². The summed E-state index contributed by atoms with van der Waals surface area (Å²) in [5, 5.41) is 0. The van der Waals surface area contributed by atoms with Crippen molar-refractivity contribution in [1.82, 2.24) is 0 Å². The normalized spacial score (nSPS) is 24.4. The van der Waals surface area contributed by atoms with Crippen LogP contribution in [0.1, 0.15) is 89.0 Å². The Morgan fingerprint density at radius 3 is 2.00 bits per heavy atom. The summed E-state index contributed by atoms with van der Waals surface area (Å²) in [7, 11) is -0.433. The summed E-state index contributed by atoms with van der Waals surface area (Å²) in [5.74, 6) is 0.630. The van der Waals surface area contributed by atoms with Gasteiger partial charge in [0.2, 0.25) is 0 Å². The first kappa shape index (κ1) is 28.2. The Morgan fingerprint density at radius 2 is 1.43 bits per heavy atom. The van der Waals surface area contributed by atoms with Gasteiger partial charge >= 0.3 is 6.61 Å². The molecule has 1 aliphatic heterocycles. The van der Waals surface area contributed by atoms with E-state index in [0.29, 0.717) is 5.56 Å². The molecule has 0 bridgehead atoms. The zero-order chi connectivity index (χ0) is 26.2. The molecule has 1 nitrogen and oxygen atoms in total. The molecule has 0 radical (unpaired) electrons. The van der Waals surface area contributed by atoms with E-state index < -0.39 is 27.0 Å². The van der Waals surface area contributed by atoms with Gasteiger partial charge in [0, 0.05) is 8.80 Å². The molecule has 2 fully saturated rings. The molecule has 0 atom stereocenters. The molecular weight excluding hydrogens is 492 g/mol. The summed E-state index contributed by atoms with van der Waals surface area (Å²) in [6, 6.07) is 13.0. The van der Waals surface area contributed by atoms with Gasteiger partial charge in [-0.15, -0.1) is 0 Å². The Hall–Kier alpha value is -1.82. The average Bonchev–Trinajstić information content (AvgIpc) is 2.89. The molecule has 6 heteroatoms. The maximum Gasteiger partial charge on any atom is 0.387 e. The first-order valence-corrected chi connectivity index (χ1v) is 16.9. The maximum absolute atomic E-state index is 15.0. The van der Waals surface area contributed by atoms with Gasteiger partial charge in [0.25, 0.3) is 0 Å². The molecule has 2 aromatic rings. The van der Waals surface area contributed by atoms with Crippen LogP contribution in [0.4, 0.5) is 17.6 Å². The van der Waals surface area contributed by atoms with Crippen LogP contribution in [0.2, 0.25) is 18.1 Å². The van der Waals surface area contributed by atoms with E-state index in [1.165, 1.54) is 81.3 Å². The summed E-state index contributed by atoms with van der Waals surface area (Å²) in [5.41, 5.74) is 0.926. The van der Waals surface area contributed by atoms with Crippen molar-refractivity contribution in [3.63, 3.8) is 0 Å². The van der Waals surface area contributed by atoms with Gasteiger partial charge in [-0.1, -0.05) is 82.1 Å². The Labute approximate surface area is 221 Å². The molecule has 2 aliphatic rings. The summed E-state index contributed by atoms with van der Waals surface area (Å²) < 4.78 is 59.0. The third kappa shape index (κ3) is 8.08. The maximum atomic E-state index is 15.0. The highest BCUT2D eigenvalue weighted by Crippen LogP contribution is 2.41. The second-order valence-electron chi connectivity index (χ2n) is 11.4. The number of hydrogen-bond acceptors (Lipinski definition) is 1. The summed E-state index contributed by atoms with van der Waals surface area (Å²) >= 11 is 0. The van der Waals surface area contributed by atoms with Gasteiger partial charge in [-0.2, -0.15) is 8.78 Å². The summed E-state index contributed by atoms with van der Waals surface area (Å²) in [6.07, 6.45) is 14.1. The minimum absolute atomic E-state index is 0.0371. The second kappa shape index (κ2) is 13.8. The Morgan fingerprint density at radius 1 is 0.838 bits per heavy atom. The fourth-order valence-corrected chi connectivity index (χ4v) is 10.3. The molecule has 0 amide bonds. The molecular formula is C31H42F4OSi. The fourth-order valence-electron chi connectivity index (χ4n) is 6.65. The van der Waals surface area contributed by atoms with Crippen LogP contribution in [0.15, 0.2) is 36.4 Å². The zero-order valence-electron chi connectivity index (χ0n) is 22.2. The second-order valence-corrected chi connectivity index (χ2v) is 14.9. The number of halogens is 4. The molecule has 0 unspecified atom stereocenters. The van der Waals surface area contributed by atoms with E-state index in [1.807, 2.05) is 0 Å². The van der Waals surface area contributed by atoms with E-state index in [2.05, 4.69) is 11.7 Å². The Bertz CT molecular complexity index is 941. The van der Waals surface area contributed by atoms with Gasteiger partial charge in [0.1, 0.15) is 17.4 Å². The lowest BCUT2D eigenvalue weighted by Gasteiger charge is -2.32. The highest BCUT2D eigenvalue weighted by atomic mass is 28.3. The number of unbranched alkanes of at least 4 members (excludes halogenated alkanes) is 2. The van der Waals surface area contributed by atoms with Crippen LogP contribution in [0, 0.1) is 23.5 Å². The van der Waals surface area contributed by atoms with Crippen LogP contribution in [-0.2, 0) is 0 Å². The van der Waals surface area contributed by atoms with Gasteiger partial charge in [0.15, 0.2) is 0 Å². The van der Waals surface area contributed by atoms with Crippen LogP contribution in [0.5, 0.6) is 5.75 Å². The van der Waals surface area contributed by atoms with Crippen molar-refractivity contribution in [3.05, 3.63) is 53.6 Å². The monoisotopic (exact) mass is 534 g/mol. The number of hydrogen-bond donors (Lipinski definition) is 0. The molecule has 204 valence electrons. The van der Waals surface area contributed by atoms with Crippen molar-refractivity contribution in [2.75, 3.05) is 0 Å². The molecule has 1 heterocycles. The first-order valence-electron chi connectivity index (χ1n) is 14.5. The van der Waals surface area contributed by atoms with Crippen LogP contribution in [-0.4, -0.2) is 15.4 Å². The van der Waals surface area contributed by atoms with Crippen molar-refractivity contribution in [2.45, 2.75) is 108 Å². The fraction of sp³-hybridized carbons (Fsp3) is 0.613. The van der Waals surface area contributed by atoms with Crippen molar-refractivity contribution in [2.24, 2.45) is 11.8 Å². The van der Waals surface area contributed by atoms with E-state index in [-0.39, 0.29) is 17.2 Å². The minimum Gasteiger partial charge on any atom is -0.435 e. The van der Waals surface area contributed by atoms with Crippen LogP contribution in [0.3, 0.4) is 0 Å². The molecule has 0 spiro atoms. The number of alkyl halides is 2. The lowest BCUT2D eigenvalue weighted by molar-refractivity contribution is -0.0498. The lowest BCUT2D eigenvalue weighted by Crippen LogP contribution is -2.22. The third-order valence-electron chi connectivity index (χ3n) is 8.92. The van der Waals surface area contributed by atoms with E-state index in [1.54, 1.807) is 18.1 Å². The lowest BCUT2D eigenvalue weighted by atomic mass is 9.76. The quantitative estimate of drug-likeness (QED) is 0.158. The van der Waals surface area contributed by atoms with Crippen molar-refractivity contribution in [3.8, 4) is 16.9 Å². The van der Waals surface area contributed by atoms with Gasteiger partial charge in [0.05, 0.1) is 5.56 Å². The van der Waals surface area contributed by atoms with Gasteiger partial charge in [-0.05, 0) is 78.8 Å². The van der Waals surface area contributed by atoms with Crippen LogP contribution in [0.25, 0.3) is 11.1 Å². The zero-order valence-corrected chi connectivity index (χ0v) is 23.3. The summed E-state index contributed by atoms with van der Waals surface area (Å²) in [4.78, 5) is 0. The Balaban J connectivity index is 1.24. The molecule has 1 aliphatic carbocycles. The van der Waals surface area contributed by atoms with Gasteiger partial charge in [-0.25, -0.2) is 8.78 Å². The standard InChI is InChI=1S/C31H42F4OSi/c1-2-3-4-17-37-18-15-23(16-19-37)6-5-22-7-9-24(10-8-22)26-20-28(32)30(29(33)21-26)25-11-13-27(14-12-25)36-31(34)35/h11-14,20-24,31,37H,2-10,15-19H2,1H3/t22-,23-,24-,37-. The minimum atomic E-state index is -2.93. The number of rotatable bonds is 11. The third-order valence-corrected chi connectivity index (χ3v) is 12.4. The molecule has 0 N–H and O–H groups in total. The highest BCUT2D eigenvalue weighted by molar-refractivity contribution is 6.58. The van der Waals surface area contributed by atoms with E-state index in [9.17, 15) is 17.6 Å². The van der Waals surface area contributed by atoms with E-state index >= 15 is 0 Å². The smallest absolute Gasteiger partial charge is 0.387 e. The molecule has 4 rings (SSSR count). The SMILES string of the molecule is CCCCC[Si@H]1CC[C@H](CC[C@H]2CC[C@H](c3cc(F)c(-c4ccc(OC(F)F)cc4)c(F)c3)CC2)CC1. The predicted molar refractivity (Wildman–Crippen MR) is 146 cm³/mol. The Kier molecular flexibility index (Phi) is 10.5. The van der Waals surface area contributed by atoms with Crippen LogP contribution >= 0.6 is 0 Å². The van der Waals surface area contributed by atoms with Crippen LogP contribution < -0.4 is 4.74 Å². The van der Waals surface area contributed by atoms with E-state index in [4.69, 9.17) is 0 Å². The van der Waals surface area contributed by atoms with Crippen molar-refractivity contribution < 1.29 is 22.3 Å². The molecule has 1 saturated heterocycles. The molecule has 1 saturated carbocycles. The average molecular weight is 535 g/mol. The van der Waals surface area contributed by atoms with Gasteiger partial charge in [-0.3, -0.25) is 0 Å². The number of ether oxygens (including phenoxy) is 1. The highest BCUT2D eigenvalue weighted by Gasteiger charge is 2.27.